The average molecular weight is 359 g/mol. The number of hydrogen-bond donors (Lipinski definition) is 1. The second kappa shape index (κ2) is 5.88. The highest BCUT2D eigenvalue weighted by Gasteiger charge is 2.22. The number of aryl methyl sites for hydroxylation is 1. The number of sulfonamides is 1. The summed E-state index contributed by atoms with van der Waals surface area (Å²) in [6.45, 7) is 2.21. The van der Waals surface area contributed by atoms with E-state index in [1.54, 1.807) is 12.1 Å². The van der Waals surface area contributed by atoms with E-state index >= 15 is 0 Å². The highest BCUT2D eigenvalue weighted by Crippen LogP contribution is 2.35. The summed E-state index contributed by atoms with van der Waals surface area (Å²) in [6, 6.07) is 10.0. The first-order valence-corrected chi connectivity index (χ1v) is 9.73. The number of halogens is 1. The minimum atomic E-state index is -3.76. The summed E-state index contributed by atoms with van der Waals surface area (Å²) in [4.78, 5) is 0.0250. The zero-order valence-corrected chi connectivity index (χ0v) is 14.6. The Kier molecular flexibility index (Phi) is 3.80. The molecule has 3 aromatic rings. The van der Waals surface area contributed by atoms with Crippen molar-refractivity contribution in [1.29, 1.82) is 0 Å². The van der Waals surface area contributed by atoms with Crippen LogP contribution in [0.1, 0.15) is 24.7 Å². The van der Waals surface area contributed by atoms with Crippen LogP contribution in [0.3, 0.4) is 0 Å². The number of rotatable bonds is 3. The van der Waals surface area contributed by atoms with Gasteiger partial charge in [0.15, 0.2) is 0 Å². The Hall–Kier alpha value is -2.34. The minimum absolute atomic E-state index is 0.0250. The van der Waals surface area contributed by atoms with Crippen molar-refractivity contribution in [3.8, 4) is 0 Å². The van der Waals surface area contributed by atoms with Crippen molar-refractivity contribution in [2.45, 2.75) is 31.1 Å². The highest BCUT2D eigenvalue weighted by molar-refractivity contribution is 7.92. The number of furan rings is 1. The van der Waals surface area contributed by atoms with Gasteiger partial charge in [-0.05, 0) is 61.2 Å². The monoisotopic (exact) mass is 359 g/mol. The van der Waals surface area contributed by atoms with E-state index in [0.717, 1.165) is 48.1 Å². The van der Waals surface area contributed by atoms with Crippen LogP contribution in [0.5, 0.6) is 0 Å². The van der Waals surface area contributed by atoms with Gasteiger partial charge in [0.25, 0.3) is 10.0 Å². The molecule has 1 aliphatic rings. The minimum Gasteiger partial charge on any atom is -0.461 e. The smallest absolute Gasteiger partial charge is 0.261 e. The Bertz CT molecular complexity index is 1040. The average Bonchev–Trinajstić information content (AvgIpc) is 2.91. The van der Waals surface area contributed by atoms with Gasteiger partial charge in [-0.25, -0.2) is 12.8 Å². The molecule has 0 aliphatic heterocycles. The van der Waals surface area contributed by atoms with Crippen molar-refractivity contribution in [2.75, 3.05) is 4.72 Å². The molecule has 0 spiro atoms. The van der Waals surface area contributed by atoms with Gasteiger partial charge in [-0.2, -0.15) is 0 Å². The van der Waals surface area contributed by atoms with Gasteiger partial charge in [0.05, 0.1) is 4.90 Å². The third kappa shape index (κ3) is 3.02. The van der Waals surface area contributed by atoms with E-state index < -0.39 is 15.8 Å². The maximum absolute atomic E-state index is 13.0. The Labute approximate surface area is 145 Å². The molecule has 0 radical (unpaired) electrons. The molecular formula is C19H18FNO3S. The second-order valence-corrected chi connectivity index (χ2v) is 8.30. The van der Waals surface area contributed by atoms with Crippen molar-refractivity contribution in [3.63, 3.8) is 0 Å². The van der Waals surface area contributed by atoms with Crippen molar-refractivity contribution in [2.24, 2.45) is 5.92 Å². The van der Waals surface area contributed by atoms with Crippen LogP contribution >= 0.6 is 0 Å². The third-order valence-electron chi connectivity index (χ3n) is 4.67. The molecule has 0 unspecified atom stereocenters. The molecule has 1 heterocycles. The second-order valence-electron chi connectivity index (χ2n) is 6.62. The summed E-state index contributed by atoms with van der Waals surface area (Å²) in [5, 5.41) is 0.959. The summed E-state index contributed by atoms with van der Waals surface area (Å²) < 4.78 is 46.4. The Morgan fingerprint density at radius 2 is 1.92 bits per heavy atom. The first kappa shape index (κ1) is 16.1. The number of fused-ring (bicyclic) bond motifs is 3. The largest absolute Gasteiger partial charge is 0.461 e. The predicted octanol–water partition coefficient (Wildman–Crippen LogP) is 4.50. The first-order valence-electron chi connectivity index (χ1n) is 8.25. The SMILES string of the molecule is C[C@@H]1CCc2c(oc3ccc(NS(=O)(=O)c4ccc(F)cc4)cc23)C1. The maximum atomic E-state index is 13.0. The fourth-order valence-electron chi connectivity index (χ4n) is 3.34. The summed E-state index contributed by atoms with van der Waals surface area (Å²) in [6.07, 6.45) is 2.96. The van der Waals surface area contributed by atoms with Gasteiger partial charge in [0, 0.05) is 23.1 Å². The Morgan fingerprint density at radius 1 is 1.16 bits per heavy atom. The van der Waals surface area contributed by atoms with Crippen LogP contribution in [0.2, 0.25) is 0 Å². The van der Waals surface area contributed by atoms with E-state index in [4.69, 9.17) is 4.42 Å². The predicted molar refractivity (Wildman–Crippen MR) is 94.6 cm³/mol. The summed E-state index contributed by atoms with van der Waals surface area (Å²) in [5.41, 5.74) is 2.43. The zero-order valence-electron chi connectivity index (χ0n) is 13.8. The van der Waals surface area contributed by atoms with Crippen molar-refractivity contribution < 1.29 is 17.2 Å². The van der Waals surface area contributed by atoms with Crippen molar-refractivity contribution in [3.05, 3.63) is 59.6 Å². The normalized spacial score (nSPS) is 17.4. The molecule has 1 atom stereocenters. The first-order chi connectivity index (χ1) is 11.9. The Morgan fingerprint density at radius 3 is 2.68 bits per heavy atom. The van der Waals surface area contributed by atoms with E-state index in [2.05, 4.69) is 11.6 Å². The quantitative estimate of drug-likeness (QED) is 0.749. The zero-order chi connectivity index (χ0) is 17.6. The van der Waals surface area contributed by atoms with Gasteiger partial charge in [-0.3, -0.25) is 4.72 Å². The lowest BCUT2D eigenvalue weighted by atomic mass is 9.88. The van der Waals surface area contributed by atoms with E-state index in [1.165, 1.54) is 17.7 Å². The number of anilines is 1. The van der Waals surface area contributed by atoms with Crippen molar-refractivity contribution in [1.82, 2.24) is 0 Å². The molecule has 0 bridgehead atoms. The van der Waals surface area contributed by atoms with Gasteiger partial charge >= 0.3 is 0 Å². The highest BCUT2D eigenvalue weighted by atomic mass is 32.2. The van der Waals surface area contributed by atoms with Crippen LogP contribution in [0.15, 0.2) is 51.8 Å². The molecule has 1 N–H and O–H groups in total. The van der Waals surface area contributed by atoms with Crippen LogP contribution in [0.25, 0.3) is 11.0 Å². The van der Waals surface area contributed by atoms with Gasteiger partial charge in [0.2, 0.25) is 0 Å². The molecule has 4 rings (SSSR count). The molecular weight excluding hydrogens is 341 g/mol. The standard InChI is InChI=1S/C19H18FNO3S/c1-12-2-8-16-17-11-14(5-9-18(17)24-19(16)10-12)21-25(22,23)15-6-3-13(20)4-7-15/h3-7,9,11-12,21H,2,8,10H2,1H3/t12-/m1/s1. The third-order valence-corrected chi connectivity index (χ3v) is 6.07. The fraction of sp³-hybridized carbons (Fsp3) is 0.263. The molecule has 1 aliphatic carbocycles. The topological polar surface area (TPSA) is 59.3 Å². The molecule has 130 valence electrons. The van der Waals surface area contributed by atoms with Crippen molar-refractivity contribution >= 4 is 26.7 Å². The van der Waals surface area contributed by atoms with Gasteiger partial charge in [-0.15, -0.1) is 0 Å². The molecule has 0 saturated carbocycles. The molecule has 0 fully saturated rings. The molecule has 0 saturated heterocycles. The summed E-state index contributed by atoms with van der Waals surface area (Å²) >= 11 is 0. The lowest BCUT2D eigenvalue weighted by molar-refractivity contribution is 0.426. The Balaban J connectivity index is 1.69. The van der Waals surface area contributed by atoms with Crippen LogP contribution in [0.4, 0.5) is 10.1 Å². The molecule has 25 heavy (non-hydrogen) atoms. The molecule has 0 amide bonds. The van der Waals surface area contributed by atoms with Gasteiger partial charge in [-0.1, -0.05) is 6.92 Å². The van der Waals surface area contributed by atoms with E-state index in [-0.39, 0.29) is 4.90 Å². The lowest BCUT2D eigenvalue weighted by Gasteiger charge is -2.16. The summed E-state index contributed by atoms with van der Waals surface area (Å²) in [7, 11) is -3.76. The van der Waals surface area contributed by atoms with Gasteiger partial charge < -0.3 is 4.42 Å². The van der Waals surface area contributed by atoms with Crippen LogP contribution in [-0.2, 0) is 22.9 Å². The molecule has 2 aromatic carbocycles. The molecule has 4 nitrogen and oxygen atoms in total. The van der Waals surface area contributed by atoms with Crippen LogP contribution in [0, 0.1) is 11.7 Å². The number of nitrogens with one attached hydrogen (secondary N) is 1. The van der Waals surface area contributed by atoms with Gasteiger partial charge in [0.1, 0.15) is 17.2 Å². The fourth-order valence-corrected chi connectivity index (χ4v) is 4.39. The number of benzene rings is 2. The molecule has 1 aromatic heterocycles. The molecule has 6 heteroatoms. The summed E-state index contributed by atoms with van der Waals surface area (Å²) in [5.74, 6) is 1.14. The van der Waals surface area contributed by atoms with Crippen LogP contribution < -0.4 is 4.72 Å². The van der Waals surface area contributed by atoms with E-state index in [9.17, 15) is 12.8 Å². The van der Waals surface area contributed by atoms with Crippen LogP contribution in [-0.4, -0.2) is 8.42 Å². The van der Waals surface area contributed by atoms with E-state index in [1.807, 2.05) is 6.07 Å². The maximum Gasteiger partial charge on any atom is 0.261 e. The van der Waals surface area contributed by atoms with E-state index in [0.29, 0.717) is 11.6 Å². The number of hydrogen-bond acceptors (Lipinski definition) is 3. The lowest BCUT2D eigenvalue weighted by Crippen LogP contribution is -2.13.